The molecule has 1 fully saturated rings. The Kier molecular flexibility index (Phi) is 4.63. The summed E-state index contributed by atoms with van der Waals surface area (Å²) < 4.78 is 0. The van der Waals surface area contributed by atoms with Crippen LogP contribution in [-0.4, -0.2) is 23.3 Å². The lowest BCUT2D eigenvalue weighted by molar-refractivity contribution is -0.132. The molecule has 0 radical (unpaired) electrons. The first kappa shape index (κ1) is 16.0. The van der Waals surface area contributed by atoms with Gasteiger partial charge in [0.2, 0.25) is 11.8 Å². The Hall–Kier alpha value is -1.92. The lowest BCUT2D eigenvalue weighted by atomic mass is 10.1. The van der Waals surface area contributed by atoms with Crippen LogP contribution in [0.15, 0.2) is 30.5 Å². The topological polar surface area (TPSA) is 62.3 Å². The van der Waals surface area contributed by atoms with Crippen LogP contribution in [0.3, 0.4) is 0 Å². The second-order valence-corrected chi connectivity index (χ2v) is 7.13. The van der Waals surface area contributed by atoms with Gasteiger partial charge in [-0.3, -0.25) is 9.59 Å². The monoisotopic (exact) mass is 349 g/mol. The molecule has 1 aliphatic heterocycles. The first-order valence-corrected chi connectivity index (χ1v) is 8.50. The summed E-state index contributed by atoms with van der Waals surface area (Å²) in [5.41, 5.74) is 0.771. The van der Waals surface area contributed by atoms with Gasteiger partial charge in [0.05, 0.1) is 11.6 Å². The molecular weight excluding hydrogens is 334 g/mol. The standard InChI is InChI=1S/C16H16ClN3O2S/c1-10-18-8-13(23-10)9-19-15(21)14-6-7-20(16(14)22)12-4-2-11(17)3-5-12/h2-5,8,14H,6-7,9H2,1H3,(H,19,21). The molecule has 7 heteroatoms. The van der Waals surface area contributed by atoms with Gasteiger partial charge in [-0.2, -0.15) is 0 Å². The van der Waals surface area contributed by atoms with Crippen LogP contribution in [0.25, 0.3) is 0 Å². The Labute approximate surface area is 143 Å². The summed E-state index contributed by atoms with van der Waals surface area (Å²) >= 11 is 7.40. The van der Waals surface area contributed by atoms with E-state index in [2.05, 4.69) is 10.3 Å². The van der Waals surface area contributed by atoms with Gasteiger partial charge >= 0.3 is 0 Å². The minimum Gasteiger partial charge on any atom is -0.350 e. The summed E-state index contributed by atoms with van der Waals surface area (Å²) in [5.74, 6) is -1.01. The SMILES string of the molecule is Cc1ncc(CNC(=O)C2CCN(c3ccc(Cl)cc3)C2=O)s1. The summed E-state index contributed by atoms with van der Waals surface area (Å²) in [6.45, 7) is 2.87. The summed E-state index contributed by atoms with van der Waals surface area (Å²) in [7, 11) is 0. The summed E-state index contributed by atoms with van der Waals surface area (Å²) in [4.78, 5) is 31.5. The molecule has 2 heterocycles. The smallest absolute Gasteiger partial charge is 0.239 e. The Bertz CT molecular complexity index is 729. The third-order valence-electron chi connectivity index (χ3n) is 3.77. The van der Waals surface area contributed by atoms with Crippen LogP contribution in [0.1, 0.15) is 16.3 Å². The number of carbonyl (C=O) groups excluding carboxylic acids is 2. The third kappa shape index (κ3) is 3.54. The van der Waals surface area contributed by atoms with Gasteiger partial charge in [-0.1, -0.05) is 11.6 Å². The van der Waals surface area contributed by atoms with E-state index in [1.54, 1.807) is 35.4 Å². The largest absolute Gasteiger partial charge is 0.350 e. The van der Waals surface area contributed by atoms with Crippen molar-refractivity contribution in [2.45, 2.75) is 19.9 Å². The molecule has 2 amide bonds. The van der Waals surface area contributed by atoms with E-state index in [1.165, 1.54) is 11.3 Å². The van der Waals surface area contributed by atoms with Gasteiger partial charge in [-0.15, -0.1) is 11.3 Å². The number of rotatable bonds is 4. The summed E-state index contributed by atoms with van der Waals surface area (Å²) in [5, 5.41) is 4.41. The Balaban J connectivity index is 1.61. The number of anilines is 1. The molecule has 120 valence electrons. The molecule has 1 aliphatic rings. The number of hydrogen-bond acceptors (Lipinski definition) is 4. The van der Waals surface area contributed by atoms with E-state index in [1.807, 2.05) is 6.92 Å². The highest BCUT2D eigenvalue weighted by Crippen LogP contribution is 2.26. The van der Waals surface area contributed by atoms with Crippen LogP contribution in [-0.2, 0) is 16.1 Å². The molecule has 1 aromatic heterocycles. The number of aryl methyl sites for hydroxylation is 1. The van der Waals surface area contributed by atoms with E-state index >= 15 is 0 Å². The van der Waals surface area contributed by atoms with Gasteiger partial charge in [0.1, 0.15) is 5.92 Å². The molecular formula is C16H16ClN3O2S. The predicted molar refractivity (Wildman–Crippen MR) is 90.6 cm³/mol. The van der Waals surface area contributed by atoms with E-state index in [0.717, 1.165) is 15.6 Å². The molecule has 2 aromatic rings. The van der Waals surface area contributed by atoms with E-state index in [9.17, 15) is 9.59 Å². The molecule has 5 nitrogen and oxygen atoms in total. The van der Waals surface area contributed by atoms with Crippen molar-refractivity contribution in [3.05, 3.63) is 45.4 Å². The maximum Gasteiger partial charge on any atom is 0.239 e. The highest BCUT2D eigenvalue weighted by Gasteiger charge is 2.37. The normalized spacial score (nSPS) is 17.6. The van der Waals surface area contributed by atoms with Gasteiger partial charge < -0.3 is 10.2 Å². The Morgan fingerprint density at radius 3 is 2.83 bits per heavy atom. The van der Waals surface area contributed by atoms with Crippen LogP contribution >= 0.6 is 22.9 Å². The zero-order valence-corrected chi connectivity index (χ0v) is 14.2. The number of nitrogens with zero attached hydrogens (tertiary/aromatic N) is 2. The van der Waals surface area contributed by atoms with Crippen molar-refractivity contribution in [3.63, 3.8) is 0 Å². The van der Waals surface area contributed by atoms with Crippen LogP contribution in [0.2, 0.25) is 5.02 Å². The summed E-state index contributed by atoms with van der Waals surface area (Å²) in [6, 6.07) is 7.06. The molecule has 1 saturated heterocycles. The van der Waals surface area contributed by atoms with Crippen molar-refractivity contribution >= 4 is 40.4 Å². The lowest BCUT2D eigenvalue weighted by Crippen LogP contribution is -2.36. The Morgan fingerprint density at radius 2 is 2.17 bits per heavy atom. The fourth-order valence-electron chi connectivity index (χ4n) is 2.59. The molecule has 3 rings (SSSR count). The number of hydrogen-bond donors (Lipinski definition) is 1. The molecule has 1 atom stereocenters. The molecule has 0 saturated carbocycles. The molecule has 0 aliphatic carbocycles. The van der Waals surface area contributed by atoms with E-state index < -0.39 is 5.92 Å². The molecule has 0 bridgehead atoms. The van der Waals surface area contributed by atoms with Crippen molar-refractivity contribution in [2.24, 2.45) is 5.92 Å². The van der Waals surface area contributed by atoms with Crippen molar-refractivity contribution in [1.82, 2.24) is 10.3 Å². The lowest BCUT2D eigenvalue weighted by Gasteiger charge is -2.16. The molecule has 23 heavy (non-hydrogen) atoms. The van der Waals surface area contributed by atoms with Gasteiger partial charge in [0, 0.05) is 28.3 Å². The number of aromatic nitrogens is 1. The van der Waals surface area contributed by atoms with Crippen LogP contribution in [0.4, 0.5) is 5.69 Å². The van der Waals surface area contributed by atoms with Crippen molar-refractivity contribution in [2.75, 3.05) is 11.4 Å². The first-order chi connectivity index (χ1) is 11.0. The van der Waals surface area contributed by atoms with Gasteiger partial charge in [-0.25, -0.2) is 4.98 Å². The first-order valence-electron chi connectivity index (χ1n) is 7.30. The Morgan fingerprint density at radius 1 is 1.43 bits per heavy atom. The van der Waals surface area contributed by atoms with E-state index in [4.69, 9.17) is 11.6 Å². The van der Waals surface area contributed by atoms with E-state index in [0.29, 0.717) is 24.5 Å². The minimum absolute atomic E-state index is 0.162. The maximum absolute atomic E-state index is 12.5. The summed E-state index contributed by atoms with van der Waals surface area (Å²) in [6.07, 6.45) is 2.27. The minimum atomic E-state index is -0.625. The fraction of sp³-hybridized carbons (Fsp3) is 0.312. The van der Waals surface area contributed by atoms with Crippen molar-refractivity contribution in [3.8, 4) is 0 Å². The molecule has 1 N–H and O–H groups in total. The fourth-order valence-corrected chi connectivity index (χ4v) is 3.45. The highest BCUT2D eigenvalue weighted by atomic mass is 35.5. The second kappa shape index (κ2) is 6.68. The van der Waals surface area contributed by atoms with Crippen molar-refractivity contribution < 1.29 is 9.59 Å². The number of thiazole rings is 1. The average Bonchev–Trinajstić information content (AvgIpc) is 3.12. The van der Waals surface area contributed by atoms with E-state index in [-0.39, 0.29) is 11.8 Å². The molecule has 0 spiro atoms. The highest BCUT2D eigenvalue weighted by molar-refractivity contribution is 7.11. The third-order valence-corrected chi connectivity index (χ3v) is 4.93. The quantitative estimate of drug-likeness (QED) is 0.863. The van der Waals surface area contributed by atoms with Gasteiger partial charge in [0.15, 0.2) is 0 Å². The van der Waals surface area contributed by atoms with Crippen LogP contribution in [0.5, 0.6) is 0 Å². The zero-order chi connectivity index (χ0) is 16.4. The number of nitrogens with one attached hydrogen (secondary N) is 1. The van der Waals surface area contributed by atoms with Crippen LogP contribution in [0, 0.1) is 12.8 Å². The van der Waals surface area contributed by atoms with Gasteiger partial charge in [-0.05, 0) is 37.6 Å². The predicted octanol–water partition coefficient (Wildman–Crippen LogP) is 2.77. The maximum atomic E-state index is 12.5. The number of amides is 2. The van der Waals surface area contributed by atoms with Gasteiger partial charge in [0.25, 0.3) is 0 Å². The second-order valence-electron chi connectivity index (χ2n) is 5.37. The number of halogens is 1. The zero-order valence-electron chi connectivity index (χ0n) is 12.6. The number of carbonyl (C=O) groups is 2. The molecule has 1 aromatic carbocycles. The van der Waals surface area contributed by atoms with Crippen LogP contribution < -0.4 is 10.2 Å². The average molecular weight is 350 g/mol. The van der Waals surface area contributed by atoms with Crippen molar-refractivity contribution in [1.29, 1.82) is 0 Å². The molecule has 1 unspecified atom stereocenters. The number of benzene rings is 1.